The number of hydrogen-bond acceptors (Lipinski definition) is 0. The third kappa shape index (κ3) is 2.35. The van der Waals surface area contributed by atoms with Crippen molar-refractivity contribution in [2.75, 3.05) is 0 Å². The van der Waals surface area contributed by atoms with Gasteiger partial charge in [0.1, 0.15) is 0 Å². The normalized spacial score (nSPS) is 13.1. The van der Waals surface area contributed by atoms with Crippen LogP contribution in [0.15, 0.2) is 24.8 Å². The number of halogens is 2. The molecule has 7 heteroatoms. The van der Waals surface area contributed by atoms with Crippen LogP contribution >= 0.6 is 39.0 Å². The van der Waals surface area contributed by atoms with Crippen LogP contribution in [0.3, 0.4) is 0 Å². The monoisotopic (exact) mass is 552 g/mol. The minimum atomic E-state index is -1.87. The van der Waals surface area contributed by atoms with Crippen LogP contribution in [-0.2, 0) is 35.6 Å². The maximum absolute atomic E-state index is 2.66. The number of aryl methyl sites for hydroxylation is 4. The van der Waals surface area contributed by atoms with Crippen molar-refractivity contribution in [3.05, 3.63) is 32.6 Å². The molecule has 0 fully saturated rings. The fourth-order valence-corrected chi connectivity index (χ4v) is 16.7. The Bertz CT molecular complexity index is 637. The van der Waals surface area contributed by atoms with Gasteiger partial charge in [-0.1, -0.05) is 0 Å². The van der Waals surface area contributed by atoms with E-state index < -0.39 is 7.40 Å². The molecule has 2 aromatic heterocycles. The molecule has 0 saturated heterocycles. The second-order valence-corrected chi connectivity index (χ2v) is 26.9. The molecule has 0 saturated carbocycles. The molecule has 0 aromatic carbocycles. The second-order valence-electron chi connectivity index (χ2n) is 3.89. The van der Waals surface area contributed by atoms with Crippen molar-refractivity contribution >= 4 is 39.0 Å². The predicted molar refractivity (Wildman–Crippen MR) is 83.3 cm³/mol. The first-order chi connectivity index (χ1) is 7.85. The summed E-state index contributed by atoms with van der Waals surface area (Å²) in [5, 5.41) is 0. The first-order valence-corrected chi connectivity index (χ1v) is 15.7. The molecule has 17 heavy (non-hydrogen) atoms. The number of aromatic nitrogens is 4. The molecule has 0 amide bonds. The zero-order chi connectivity index (χ0) is 12.8. The molecular formula is C10H16I2N4Pd. The topological polar surface area (TPSA) is 19.7 Å². The van der Waals surface area contributed by atoms with Crippen LogP contribution in [0.5, 0.6) is 0 Å². The van der Waals surface area contributed by atoms with Crippen LogP contribution in [0.1, 0.15) is 0 Å². The van der Waals surface area contributed by atoms with Crippen molar-refractivity contribution in [1.29, 1.82) is 0 Å². The Labute approximate surface area is 124 Å². The molecule has 0 radical (unpaired) electrons. The van der Waals surface area contributed by atoms with E-state index in [1.54, 1.807) is 0 Å². The second kappa shape index (κ2) is 4.91. The van der Waals surface area contributed by atoms with Crippen LogP contribution in [0, 0.1) is 7.78 Å². The number of imidazole rings is 2. The molecule has 0 N–H and O–H groups in total. The summed E-state index contributed by atoms with van der Waals surface area (Å²) in [7, 11) is 6.63. The fraction of sp³-hybridized carbons (Fsp3) is 0.400. The van der Waals surface area contributed by atoms with Gasteiger partial charge in [0.15, 0.2) is 0 Å². The number of nitrogens with zero attached hydrogens (tertiary/aromatic N) is 4. The molecule has 2 aromatic rings. The van der Waals surface area contributed by atoms with Gasteiger partial charge in [0.2, 0.25) is 0 Å². The van der Waals surface area contributed by atoms with E-state index in [0.29, 0.717) is 0 Å². The van der Waals surface area contributed by atoms with Gasteiger partial charge in [-0.05, 0) is 0 Å². The van der Waals surface area contributed by atoms with E-state index in [1.807, 2.05) is 0 Å². The number of rotatable bonds is 0. The Balaban J connectivity index is 3.34. The third-order valence-corrected chi connectivity index (χ3v) is 13.6. The van der Waals surface area contributed by atoms with Gasteiger partial charge < -0.3 is 0 Å². The number of hydrogen-bond donors (Lipinski definition) is 0. The van der Waals surface area contributed by atoms with Gasteiger partial charge in [0.05, 0.1) is 0 Å². The SMILES string of the molecule is Cn1ccn(C)[c]1=[Pd]([I])([I])=[c]1n(C)ccn1C. The molecular weight excluding hydrogens is 536 g/mol. The van der Waals surface area contributed by atoms with Gasteiger partial charge in [-0.3, -0.25) is 0 Å². The van der Waals surface area contributed by atoms with Gasteiger partial charge in [-0.2, -0.15) is 0 Å². The van der Waals surface area contributed by atoms with Crippen molar-refractivity contribution < 1.29 is 7.40 Å². The van der Waals surface area contributed by atoms with E-state index in [0.717, 1.165) is 0 Å². The van der Waals surface area contributed by atoms with Gasteiger partial charge in [0.25, 0.3) is 0 Å². The zero-order valence-electron chi connectivity index (χ0n) is 10.2. The quantitative estimate of drug-likeness (QED) is 0.354. The van der Waals surface area contributed by atoms with E-state index >= 15 is 0 Å². The average Bonchev–Trinajstić information content (AvgIpc) is 2.71. The Kier molecular flexibility index (Phi) is 4.03. The van der Waals surface area contributed by atoms with E-state index in [4.69, 9.17) is 0 Å². The Morgan fingerprint density at radius 1 is 0.706 bits per heavy atom. The average molecular weight is 552 g/mol. The van der Waals surface area contributed by atoms with Gasteiger partial charge in [-0.25, -0.2) is 0 Å². The summed E-state index contributed by atoms with van der Waals surface area (Å²) in [4.78, 5) is 0. The summed E-state index contributed by atoms with van der Waals surface area (Å²) < 4.78 is 11.8. The molecule has 4 nitrogen and oxygen atoms in total. The van der Waals surface area contributed by atoms with Crippen molar-refractivity contribution in [2.45, 2.75) is 0 Å². The summed E-state index contributed by atoms with van der Waals surface area (Å²) in [5.74, 6) is 0. The van der Waals surface area contributed by atoms with Crippen LogP contribution in [-0.4, -0.2) is 18.3 Å². The molecule has 0 atom stereocenters. The predicted octanol–water partition coefficient (Wildman–Crippen LogP) is 2.66. The van der Waals surface area contributed by atoms with E-state index in [-0.39, 0.29) is 0 Å². The van der Waals surface area contributed by atoms with Gasteiger partial charge in [0, 0.05) is 0 Å². The Morgan fingerprint density at radius 3 is 1.18 bits per heavy atom. The Hall–Kier alpha value is 0.542. The molecule has 0 aliphatic carbocycles. The summed E-state index contributed by atoms with van der Waals surface area (Å²) >= 11 is 5.31. The van der Waals surface area contributed by atoms with Crippen molar-refractivity contribution in [3.8, 4) is 0 Å². The van der Waals surface area contributed by atoms with Crippen LogP contribution in [0.25, 0.3) is 0 Å². The fourth-order valence-electron chi connectivity index (χ4n) is 1.75. The molecule has 2 rings (SSSR count). The van der Waals surface area contributed by atoms with Crippen LogP contribution in [0.2, 0.25) is 0 Å². The van der Waals surface area contributed by atoms with Crippen LogP contribution < -0.4 is 0 Å². The van der Waals surface area contributed by atoms with Crippen molar-refractivity contribution in [1.82, 2.24) is 18.3 Å². The van der Waals surface area contributed by atoms with Crippen molar-refractivity contribution in [2.24, 2.45) is 28.2 Å². The minimum absolute atomic E-state index is 1.41. The third-order valence-electron chi connectivity index (χ3n) is 2.46. The summed E-state index contributed by atoms with van der Waals surface area (Å²) in [6.45, 7) is 0. The van der Waals surface area contributed by atoms with Crippen molar-refractivity contribution in [3.63, 3.8) is 0 Å². The Morgan fingerprint density at radius 2 is 0.941 bits per heavy atom. The van der Waals surface area contributed by atoms with E-state index in [9.17, 15) is 0 Å². The molecule has 0 unspecified atom stereocenters. The standard InChI is InChI=1S/2C5H8N2.2HI.Pd/c2*1-6-3-4-7(2)5-6;;;/h2*3-4H,1-2H3;2*1H;/q;;;;+2/p-2. The maximum atomic E-state index is 2.66. The van der Waals surface area contributed by atoms with Gasteiger partial charge in [-0.15, -0.1) is 0 Å². The first-order valence-electron chi connectivity index (χ1n) is 4.94. The molecule has 100 valence electrons. The first kappa shape index (κ1) is 14.0. The van der Waals surface area contributed by atoms with E-state index in [2.05, 4.69) is 110 Å². The van der Waals surface area contributed by atoms with Gasteiger partial charge >= 0.3 is 125 Å². The molecule has 2 heterocycles. The summed E-state index contributed by atoms with van der Waals surface area (Å²) in [6.07, 6.45) is 8.50. The summed E-state index contributed by atoms with van der Waals surface area (Å²) in [5.41, 5.74) is 0. The molecule has 0 aliphatic rings. The molecule has 0 aliphatic heterocycles. The zero-order valence-corrected chi connectivity index (χ0v) is 16.0. The molecule has 0 spiro atoms. The summed E-state index contributed by atoms with van der Waals surface area (Å²) in [6, 6.07) is 0. The molecule has 0 bridgehead atoms. The van der Waals surface area contributed by atoms with E-state index in [1.165, 1.54) is 7.78 Å². The van der Waals surface area contributed by atoms with Crippen LogP contribution in [0.4, 0.5) is 0 Å².